The molecule has 1 atom stereocenters. The summed E-state index contributed by atoms with van der Waals surface area (Å²) in [5.74, 6) is -1.67. The van der Waals surface area contributed by atoms with Gasteiger partial charge in [-0.05, 0) is 24.5 Å². The minimum Gasteiger partial charge on any atom is -0.364 e. The number of benzene rings is 1. The van der Waals surface area contributed by atoms with Crippen molar-refractivity contribution in [1.82, 2.24) is 20.3 Å². The maximum absolute atomic E-state index is 13.4. The Hall–Kier alpha value is -3.05. The monoisotopic (exact) mass is 467 g/mol. The second-order valence-electron chi connectivity index (χ2n) is 8.44. The lowest BCUT2D eigenvalue weighted by atomic mass is 9.37. The Balaban J connectivity index is 1.44. The summed E-state index contributed by atoms with van der Waals surface area (Å²) in [5.41, 5.74) is 7.53. The van der Waals surface area contributed by atoms with Gasteiger partial charge in [-0.3, -0.25) is 19.4 Å². The number of carbonyl (C=O) groups excluding carboxylic acids is 4. The Morgan fingerprint density at radius 3 is 2.76 bits per heavy atom. The molecule has 3 amide bonds. The van der Waals surface area contributed by atoms with Crippen LogP contribution in [-0.4, -0.2) is 64.8 Å². The largest absolute Gasteiger partial charge is 0.364 e. The number of carbonyl (C=O) groups is 4. The molecule has 1 aromatic carbocycles. The zero-order chi connectivity index (χ0) is 23.7. The van der Waals surface area contributed by atoms with E-state index in [-0.39, 0.29) is 29.6 Å². The van der Waals surface area contributed by atoms with E-state index in [0.717, 1.165) is 35.4 Å². The van der Waals surface area contributed by atoms with E-state index in [1.54, 1.807) is 18.8 Å². The third-order valence-corrected chi connectivity index (χ3v) is 7.44. The predicted octanol–water partition coefficient (Wildman–Crippen LogP) is 1.19. The van der Waals surface area contributed by atoms with E-state index >= 15 is 0 Å². The average molecular weight is 467 g/mol. The number of aryl methyl sites for hydroxylation is 1. The van der Waals surface area contributed by atoms with E-state index in [9.17, 15) is 19.2 Å². The highest BCUT2D eigenvalue weighted by Gasteiger charge is 2.43. The topological polar surface area (TPSA) is 126 Å². The zero-order valence-electron chi connectivity index (χ0n) is 18.7. The Morgan fingerprint density at radius 2 is 2.03 bits per heavy atom. The normalized spacial score (nSPS) is 17.8. The summed E-state index contributed by atoms with van der Waals surface area (Å²) >= 11 is 0.930. The number of rotatable bonds is 7. The molecule has 1 aromatic heterocycles. The van der Waals surface area contributed by atoms with Crippen molar-refractivity contribution in [3.63, 3.8) is 0 Å². The Morgan fingerprint density at radius 1 is 1.27 bits per heavy atom. The van der Waals surface area contributed by atoms with Gasteiger partial charge in [0.2, 0.25) is 12.6 Å². The molecule has 9 nitrogen and oxygen atoms in total. The highest BCUT2D eigenvalue weighted by Crippen LogP contribution is 2.33. The molecular formula is C22H26BN5O4S. The lowest BCUT2D eigenvalue weighted by molar-refractivity contribution is -0.143. The van der Waals surface area contributed by atoms with Crippen LogP contribution < -0.4 is 11.1 Å². The molecule has 1 unspecified atom stereocenters. The number of hydrogen-bond donors (Lipinski definition) is 2. The number of thiazole rings is 1. The fraction of sp³-hybridized carbons (Fsp3) is 0.409. The summed E-state index contributed by atoms with van der Waals surface area (Å²) in [5, 5.41) is 6.65. The average Bonchev–Trinajstić information content (AvgIpc) is 3.38. The molecule has 0 saturated carbocycles. The molecule has 3 heterocycles. The van der Waals surface area contributed by atoms with Gasteiger partial charge in [0.25, 0.3) is 11.8 Å². The van der Waals surface area contributed by atoms with Crippen molar-refractivity contribution in [2.45, 2.75) is 39.0 Å². The first-order valence-electron chi connectivity index (χ1n) is 11.0. The molecule has 0 bridgehead atoms. The van der Waals surface area contributed by atoms with Gasteiger partial charge in [0.1, 0.15) is 4.88 Å². The second kappa shape index (κ2) is 9.44. The van der Waals surface area contributed by atoms with Crippen molar-refractivity contribution in [3.05, 3.63) is 51.0 Å². The van der Waals surface area contributed by atoms with Crippen LogP contribution in [0, 0.1) is 6.92 Å². The van der Waals surface area contributed by atoms with Crippen LogP contribution in [0.25, 0.3) is 0 Å². The molecule has 3 N–H and O–H groups in total. The van der Waals surface area contributed by atoms with Crippen LogP contribution in [-0.2, 0) is 16.1 Å². The van der Waals surface area contributed by atoms with Gasteiger partial charge in [-0.2, -0.15) is 0 Å². The summed E-state index contributed by atoms with van der Waals surface area (Å²) in [4.78, 5) is 54.5. The molecule has 0 spiro atoms. The molecule has 2 aliphatic rings. The van der Waals surface area contributed by atoms with Crippen LogP contribution in [0.2, 0.25) is 6.82 Å². The van der Waals surface area contributed by atoms with Crippen LogP contribution in [0.5, 0.6) is 0 Å². The third-order valence-electron chi connectivity index (χ3n) is 6.27. The van der Waals surface area contributed by atoms with Gasteiger partial charge < -0.3 is 15.8 Å². The minimum atomic E-state index is -0.684. The first-order chi connectivity index (χ1) is 15.8. The van der Waals surface area contributed by atoms with Crippen LogP contribution in [0.3, 0.4) is 0 Å². The summed E-state index contributed by atoms with van der Waals surface area (Å²) in [6.45, 7) is 5.18. The number of hydrogen-bond acceptors (Lipinski definition) is 7. The van der Waals surface area contributed by atoms with E-state index in [1.165, 1.54) is 0 Å². The predicted molar refractivity (Wildman–Crippen MR) is 125 cm³/mol. The molecular weight excluding hydrogens is 441 g/mol. The second-order valence-corrected chi connectivity index (χ2v) is 9.44. The van der Waals surface area contributed by atoms with Crippen molar-refractivity contribution in [3.8, 4) is 0 Å². The molecule has 0 aliphatic carbocycles. The maximum Gasteiger partial charge on any atom is 0.277 e. The van der Waals surface area contributed by atoms with Crippen molar-refractivity contribution in [2.24, 2.45) is 5.73 Å². The lowest BCUT2D eigenvalue weighted by Crippen LogP contribution is -2.46. The number of primary amides is 1. The van der Waals surface area contributed by atoms with Gasteiger partial charge in [0.15, 0.2) is 5.01 Å². The smallest absolute Gasteiger partial charge is 0.277 e. The van der Waals surface area contributed by atoms with Crippen LogP contribution in [0.1, 0.15) is 55.0 Å². The third kappa shape index (κ3) is 4.56. The highest BCUT2D eigenvalue weighted by molar-refractivity contribution is 7.15. The number of fused-ring (bicyclic) bond motifs is 2. The van der Waals surface area contributed by atoms with E-state index in [0.29, 0.717) is 23.7 Å². The van der Waals surface area contributed by atoms with Gasteiger partial charge in [-0.15, -0.1) is 11.3 Å². The van der Waals surface area contributed by atoms with Crippen molar-refractivity contribution >= 4 is 41.5 Å². The quantitative estimate of drug-likeness (QED) is 0.590. The van der Waals surface area contributed by atoms with Gasteiger partial charge in [-0.1, -0.05) is 31.1 Å². The van der Waals surface area contributed by atoms with E-state index in [1.807, 2.05) is 24.3 Å². The molecule has 2 aromatic rings. The van der Waals surface area contributed by atoms with Crippen LogP contribution >= 0.6 is 11.3 Å². The number of nitrogens with one attached hydrogen (secondary N) is 1. The fourth-order valence-corrected chi connectivity index (χ4v) is 5.37. The molecule has 1 saturated heterocycles. The van der Waals surface area contributed by atoms with Crippen LogP contribution in [0.15, 0.2) is 24.3 Å². The first-order valence-corrected chi connectivity index (χ1v) is 11.8. The van der Waals surface area contributed by atoms with Gasteiger partial charge >= 0.3 is 0 Å². The van der Waals surface area contributed by atoms with Crippen molar-refractivity contribution in [1.29, 1.82) is 0 Å². The molecule has 33 heavy (non-hydrogen) atoms. The summed E-state index contributed by atoms with van der Waals surface area (Å²) in [6.07, 6.45) is 1.02. The van der Waals surface area contributed by atoms with Crippen molar-refractivity contribution < 1.29 is 19.2 Å². The van der Waals surface area contributed by atoms with Gasteiger partial charge in [-0.25, -0.2) is 9.99 Å². The first kappa shape index (κ1) is 23.1. The van der Waals surface area contributed by atoms with E-state index in [4.69, 9.17) is 5.73 Å². The van der Waals surface area contributed by atoms with E-state index < -0.39 is 24.3 Å². The minimum absolute atomic E-state index is 0.0402. The molecule has 172 valence electrons. The van der Waals surface area contributed by atoms with Gasteiger partial charge in [0, 0.05) is 32.6 Å². The Bertz CT molecular complexity index is 1120. The van der Waals surface area contributed by atoms with Crippen LogP contribution in [0.4, 0.5) is 0 Å². The summed E-state index contributed by atoms with van der Waals surface area (Å²) in [7, 11) is 0. The summed E-state index contributed by atoms with van der Waals surface area (Å²) in [6, 6.07) is 7.82. The SMILES string of the molecule is CB(C(=O)CCNC(=O)c1sc(C(N)=O)nc1C)C1C(=O)N2CCCN2Cc2ccccc21. The maximum atomic E-state index is 13.4. The standard InChI is InChI=1S/C22H26BN5O4S/c1-13-18(33-21(26-13)19(24)30)20(31)25-9-8-16(29)23(2)17-15-7-4-3-6-14(15)12-27-10-5-11-28(27)22(17)32/h3-4,6-7,17H,5,8-12H2,1-2H3,(H2,24,30)(H,25,31). The Kier molecular flexibility index (Phi) is 6.62. The number of nitrogens with two attached hydrogens (primary N) is 1. The molecule has 0 radical (unpaired) electrons. The van der Waals surface area contributed by atoms with Gasteiger partial charge in [0.05, 0.1) is 17.2 Å². The number of amides is 3. The summed E-state index contributed by atoms with van der Waals surface area (Å²) < 4.78 is 0. The molecule has 1 fully saturated rings. The molecule has 11 heteroatoms. The molecule has 4 rings (SSSR count). The number of hydrazine groups is 1. The lowest BCUT2D eigenvalue weighted by Gasteiger charge is -2.28. The Labute approximate surface area is 196 Å². The number of nitrogens with zero attached hydrogens (tertiary/aromatic N) is 3. The van der Waals surface area contributed by atoms with Crippen molar-refractivity contribution in [2.75, 3.05) is 19.6 Å². The highest BCUT2D eigenvalue weighted by atomic mass is 32.1. The van der Waals surface area contributed by atoms with E-state index in [2.05, 4.69) is 15.3 Å². The number of aromatic nitrogens is 1. The zero-order valence-corrected chi connectivity index (χ0v) is 19.5. The fourth-order valence-electron chi connectivity index (χ4n) is 4.54. The molecule has 2 aliphatic heterocycles.